The Hall–Kier alpha value is -1.96. The van der Waals surface area contributed by atoms with Gasteiger partial charge in [-0.15, -0.1) is 0 Å². The topological polar surface area (TPSA) is 48.1 Å². The summed E-state index contributed by atoms with van der Waals surface area (Å²) in [6.45, 7) is 5.40. The fourth-order valence-corrected chi connectivity index (χ4v) is 5.40. The van der Waals surface area contributed by atoms with Gasteiger partial charge in [-0.1, -0.05) is 61.5 Å². The number of piperazine rings is 1. The van der Waals surface area contributed by atoms with Crippen LogP contribution in [0.15, 0.2) is 54.6 Å². The molecule has 4 rings (SSSR count). The number of rotatable bonds is 7. The van der Waals surface area contributed by atoms with Gasteiger partial charge in [0.05, 0.1) is 7.11 Å². The van der Waals surface area contributed by atoms with Crippen molar-refractivity contribution in [3.63, 3.8) is 0 Å². The zero-order chi connectivity index (χ0) is 23.3. The second-order valence-corrected chi connectivity index (χ2v) is 9.65. The molecule has 6 nitrogen and oxygen atoms in total. The number of hydroxylamine groups is 1. The highest BCUT2D eigenvalue weighted by molar-refractivity contribution is 6.30. The monoisotopic (exact) mass is 486 g/mol. The van der Waals surface area contributed by atoms with Crippen molar-refractivity contribution in [3.8, 4) is 0 Å². The number of hydrogen-bond acceptors (Lipinski definition) is 5. The fraction of sp³-hybridized carbons (Fsp3) is 0.519. The second kappa shape index (κ2) is 12.1. The molecule has 1 atom stereocenters. The quantitative estimate of drug-likeness (QED) is 0.603. The highest BCUT2D eigenvalue weighted by Gasteiger charge is 2.42. The van der Waals surface area contributed by atoms with Crippen LogP contribution in [0.4, 0.5) is 0 Å². The first-order chi connectivity index (χ1) is 16.0. The molecule has 1 amide bonds. The number of carbonyl (C=O) groups excluding carboxylic acids is 1. The van der Waals surface area contributed by atoms with E-state index in [0.29, 0.717) is 11.4 Å². The van der Waals surface area contributed by atoms with Crippen molar-refractivity contribution < 1.29 is 9.63 Å². The van der Waals surface area contributed by atoms with Crippen LogP contribution in [0.25, 0.3) is 0 Å². The van der Waals surface area contributed by atoms with Crippen LogP contribution in [0.5, 0.6) is 0 Å². The van der Waals surface area contributed by atoms with Gasteiger partial charge < -0.3 is 14.6 Å². The van der Waals surface area contributed by atoms with Gasteiger partial charge in [0.15, 0.2) is 0 Å². The Kier molecular flexibility index (Phi) is 9.51. The average molecular weight is 487 g/mol. The van der Waals surface area contributed by atoms with Crippen molar-refractivity contribution in [2.75, 3.05) is 53.4 Å². The summed E-state index contributed by atoms with van der Waals surface area (Å²) in [6, 6.07) is 18.1. The number of nitrogens with one attached hydrogen (secondary N) is 1. The van der Waals surface area contributed by atoms with Gasteiger partial charge >= 0.3 is 0 Å². The van der Waals surface area contributed by atoms with E-state index in [-0.39, 0.29) is 18.9 Å². The molecule has 1 N–H and O–H groups in total. The first kappa shape index (κ1) is 26.6. The summed E-state index contributed by atoms with van der Waals surface area (Å²) in [5.74, 6) is 0.0867. The van der Waals surface area contributed by atoms with Crippen LogP contribution in [0.1, 0.15) is 31.4 Å². The van der Waals surface area contributed by atoms with Crippen LogP contribution >= 0.6 is 11.6 Å². The molecule has 2 aliphatic heterocycles. The first-order valence-electron chi connectivity index (χ1n) is 11.8. The Morgan fingerprint density at radius 3 is 2.21 bits per heavy atom. The number of halogens is 1. The van der Waals surface area contributed by atoms with E-state index in [4.69, 9.17) is 16.4 Å². The van der Waals surface area contributed by atoms with Crippen LogP contribution < -0.4 is 5.48 Å². The first-order valence-corrected chi connectivity index (χ1v) is 12.2. The molecule has 2 fully saturated rings. The van der Waals surface area contributed by atoms with Gasteiger partial charge in [0.2, 0.25) is 5.91 Å². The molecule has 1 unspecified atom stereocenters. The number of piperidine rings is 1. The third-order valence-electron chi connectivity index (χ3n) is 7.23. The average Bonchev–Trinajstić information content (AvgIpc) is 2.86. The molecule has 0 spiro atoms. The lowest BCUT2D eigenvalue weighted by Gasteiger charge is -2.51. The molecule has 2 saturated heterocycles. The Labute approximate surface area is 209 Å². The van der Waals surface area contributed by atoms with E-state index in [1.54, 1.807) is 7.11 Å². The summed E-state index contributed by atoms with van der Waals surface area (Å²) in [7, 11) is 3.76. The van der Waals surface area contributed by atoms with Gasteiger partial charge in [-0.05, 0) is 62.7 Å². The van der Waals surface area contributed by atoms with E-state index in [1.807, 2.05) is 29.2 Å². The number of nitrogens with zero attached hydrogens (tertiary/aromatic N) is 3. The molecule has 7 heteroatoms. The SMILES string of the molecule is C.CONC(Cc1ccc(Cl)cc1)C(=O)N1CCN(C2(c3ccccc3)CCN(C)CC2)CC1. The summed E-state index contributed by atoms with van der Waals surface area (Å²) in [6.07, 6.45) is 2.79. The van der Waals surface area contributed by atoms with E-state index in [0.717, 1.165) is 57.7 Å². The highest BCUT2D eigenvalue weighted by atomic mass is 35.5. The van der Waals surface area contributed by atoms with Crippen LogP contribution in [0.2, 0.25) is 5.02 Å². The second-order valence-electron chi connectivity index (χ2n) is 9.22. The molecule has 0 saturated carbocycles. The van der Waals surface area contributed by atoms with Crippen molar-refractivity contribution in [1.29, 1.82) is 0 Å². The molecule has 34 heavy (non-hydrogen) atoms. The third kappa shape index (κ3) is 5.99. The lowest BCUT2D eigenvalue weighted by molar-refractivity contribution is -0.140. The number of carbonyl (C=O) groups is 1. The molecule has 2 aromatic rings. The minimum atomic E-state index is -0.422. The Balaban J connectivity index is 0.00000324. The largest absolute Gasteiger partial charge is 0.339 e. The molecule has 2 heterocycles. The van der Waals surface area contributed by atoms with E-state index in [1.165, 1.54) is 5.56 Å². The zero-order valence-corrected chi connectivity index (χ0v) is 20.4. The van der Waals surface area contributed by atoms with Crippen LogP contribution in [-0.2, 0) is 21.6 Å². The summed E-state index contributed by atoms with van der Waals surface area (Å²) in [5.41, 5.74) is 5.42. The Morgan fingerprint density at radius 1 is 1.00 bits per heavy atom. The molecule has 0 aromatic heterocycles. The summed E-state index contributed by atoms with van der Waals surface area (Å²) >= 11 is 6.01. The fourth-order valence-electron chi connectivity index (χ4n) is 5.28. The summed E-state index contributed by atoms with van der Waals surface area (Å²) in [4.78, 5) is 25.6. The van der Waals surface area contributed by atoms with Crippen LogP contribution in [0.3, 0.4) is 0 Å². The lowest BCUT2D eigenvalue weighted by Crippen LogP contribution is -2.61. The molecule has 2 aliphatic rings. The zero-order valence-electron chi connectivity index (χ0n) is 19.7. The normalized spacial score (nSPS) is 19.9. The smallest absolute Gasteiger partial charge is 0.242 e. The van der Waals surface area contributed by atoms with Gasteiger partial charge in [0.25, 0.3) is 0 Å². The molecule has 2 aromatic carbocycles. The lowest BCUT2D eigenvalue weighted by atomic mass is 9.79. The summed E-state index contributed by atoms with van der Waals surface area (Å²) in [5, 5.41) is 0.693. The number of benzene rings is 2. The third-order valence-corrected chi connectivity index (χ3v) is 7.49. The highest BCUT2D eigenvalue weighted by Crippen LogP contribution is 2.39. The number of amides is 1. The number of likely N-dealkylation sites (tertiary alicyclic amines) is 1. The molecular formula is C27H39ClN4O2. The molecule has 0 bridgehead atoms. The molecule has 0 radical (unpaired) electrons. The van der Waals surface area contributed by atoms with E-state index in [2.05, 4.69) is 52.7 Å². The Morgan fingerprint density at radius 2 is 1.62 bits per heavy atom. The van der Waals surface area contributed by atoms with Crippen molar-refractivity contribution in [3.05, 3.63) is 70.7 Å². The minimum Gasteiger partial charge on any atom is -0.339 e. The predicted molar refractivity (Wildman–Crippen MR) is 139 cm³/mol. The van der Waals surface area contributed by atoms with Gasteiger partial charge in [-0.3, -0.25) is 9.69 Å². The van der Waals surface area contributed by atoms with Crippen LogP contribution in [0, 0.1) is 0 Å². The van der Waals surface area contributed by atoms with Crippen molar-refractivity contribution in [2.24, 2.45) is 0 Å². The van der Waals surface area contributed by atoms with E-state index < -0.39 is 6.04 Å². The maximum atomic E-state index is 13.4. The van der Waals surface area contributed by atoms with Crippen molar-refractivity contribution in [2.45, 2.75) is 38.3 Å². The van der Waals surface area contributed by atoms with Gasteiger partial charge in [0.1, 0.15) is 6.04 Å². The van der Waals surface area contributed by atoms with Crippen LogP contribution in [-0.4, -0.2) is 80.1 Å². The molecule has 186 valence electrons. The minimum absolute atomic E-state index is 0. The maximum Gasteiger partial charge on any atom is 0.242 e. The molecular weight excluding hydrogens is 448 g/mol. The predicted octanol–water partition coefficient (Wildman–Crippen LogP) is 3.80. The van der Waals surface area contributed by atoms with E-state index in [9.17, 15) is 4.79 Å². The van der Waals surface area contributed by atoms with Gasteiger partial charge in [0, 0.05) is 36.7 Å². The maximum absolute atomic E-state index is 13.4. The van der Waals surface area contributed by atoms with E-state index >= 15 is 0 Å². The molecule has 0 aliphatic carbocycles. The van der Waals surface area contributed by atoms with Crippen molar-refractivity contribution in [1.82, 2.24) is 20.2 Å². The number of hydrogen-bond donors (Lipinski definition) is 1. The van der Waals surface area contributed by atoms with Crippen molar-refractivity contribution >= 4 is 17.5 Å². The van der Waals surface area contributed by atoms with Gasteiger partial charge in [-0.25, -0.2) is 0 Å². The standard InChI is InChI=1S/C26H35ClN4O2.CH4/c1-29-14-12-26(13-15-29,22-6-4-3-5-7-22)31-18-16-30(17-19-31)25(32)24(28-33-2)20-21-8-10-23(27)11-9-21;/h3-11,24,28H,12-20H2,1-2H3;1H4. The Bertz CT molecular complexity index is 893. The van der Waals surface area contributed by atoms with Gasteiger partial charge in [-0.2, -0.15) is 5.48 Å². The summed E-state index contributed by atoms with van der Waals surface area (Å²) < 4.78 is 0.